The first-order valence-corrected chi connectivity index (χ1v) is 13.4. The fourth-order valence-corrected chi connectivity index (χ4v) is 6.26. The Bertz CT molecular complexity index is 1450. The van der Waals surface area contributed by atoms with E-state index in [9.17, 15) is 19.8 Å². The Hall–Kier alpha value is -3.52. The van der Waals surface area contributed by atoms with Crippen molar-refractivity contribution in [2.24, 2.45) is 11.3 Å². The third kappa shape index (κ3) is 4.30. The van der Waals surface area contributed by atoms with Gasteiger partial charge in [-0.05, 0) is 72.9 Å². The number of Topliss-reactive ketones (excluding diaryl/α,β-unsaturated/α-hetero) is 1. The molecule has 1 spiro atoms. The summed E-state index contributed by atoms with van der Waals surface area (Å²) in [5, 5.41) is 20.7. The number of carbonyl (C=O) groups is 2. The summed E-state index contributed by atoms with van der Waals surface area (Å²) in [6.45, 7) is 2.66. The van der Waals surface area contributed by atoms with E-state index < -0.39 is 6.09 Å². The van der Waals surface area contributed by atoms with E-state index in [1.54, 1.807) is 18.3 Å². The van der Waals surface area contributed by atoms with Crippen molar-refractivity contribution in [2.45, 2.75) is 32.1 Å². The third-order valence-electron chi connectivity index (χ3n) is 8.48. The van der Waals surface area contributed by atoms with E-state index in [0.29, 0.717) is 18.7 Å². The number of aromatic hydroxyl groups is 1. The number of aromatic nitrogens is 1. The van der Waals surface area contributed by atoms with E-state index in [2.05, 4.69) is 9.88 Å². The van der Waals surface area contributed by atoms with Crippen LogP contribution < -0.4 is 9.64 Å². The Labute approximate surface area is 225 Å². The molecule has 0 unspecified atom stereocenters. The number of nitrogens with zero attached hydrogens (tertiary/aromatic N) is 3. The molecule has 9 heteroatoms. The summed E-state index contributed by atoms with van der Waals surface area (Å²) < 4.78 is 5.31. The Balaban J connectivity index is 1.41. The number of carbonyl (C=O) groups excluding carboxylic acids is 1. The lowest BCUT2D eigenvalue weighted by atomic mass is 9.77. The zero-order valence-corrected chi connectivity index (χ0v) is 22.0. The molecule has 198 valence electrons. The van der Waals surface area contributed by atoms with Crippen LogP contribution in [0.5, 0.6) is 11.5 Å². The van der Waals surface area contributed by atoms with Crippen molar-refractivity contribution in [3.8, 4) is 22.6 Å². The Morgan fingerprint density at radius 1 is 1.08 bits per heavy atom. The van der Waals surface area contributed by atoms with E-state index >= 15 is 0 Å². The van der Waals surface area contributed by atoms with Crippen LogP contribution in [0.2, 0.25) is 5.02 Å². The van der Waals surface area contributed by atoms with Gasteiger partial charge in [-0.2, -0.15) is 0 Å². The minimum Gasteiger partial charge on any atom is -0.503 e. The van der Waals surface area contributed by atoms with Crippen LogP contribution >= 0.6 is 11.6 Å². The lowest BCUT2D eigenvalue weighted by molar-refractivity contribution is 0.0967. The van der Waals surface area contributed by atoms with E-state index in [4.69, 9.17) is 16.3 Å². The van der Waals surface area contributed by atoms with E-state index in [1.165, 1.54) is 12.0 Å². The summed E-state index contributed by atoms with van der Waals surface area (Å²) in [6, 6.07) is 9.38. The van der Waals surface area contributed by atoms with Crippen molar-refractivity contribution in [3.63, 3.8) is 0 Å². The Morgan fingerprint density at radius 3 is 2.47 bits per heavy atom. The number of piperidine rings is 1. The number of anilines is 1. The molecule has 38 heavy (non-hydrogen) atoms. The number of phenols is 1. The van der Waals surface area contributed by atoms with Crippen LogP contribution in [0, 0.1) is 11.3 Å². The molecule has 0 bridgehead atoms. The van der Waals surface area contributed by atoms with Crippen molar-refractivity contribution in [1.82, 2.24) is 9.88 Å². The largest absolute Gasteiger partial charge is 0.503 e. The molecule has 1 aliphatic carbocycles. The van der Waals surface area contributed by atoms with E-state index in [-0.39, 0.29) is 33.6 Å². The molecule has 1 amide bonds. The zero-order chi connectivity index (χ0) is 26.6. The van der Waals surface area contributed by atoms with Crippen molar-refractivity contribution in [3.05, 3.63) is 47.1 Å². The van der Waals surface area contributed by atoms with Crippen molar-refractivity contribution in [2.75, 3.05) is 38.2 Å². The molecule has 8 nitrogen and oxygen atoms in total. The maximum Gasteiger partial charge on any atom is 0.407 e. The smallest absolute Gasteiger partial charge is 0.407 e. The van der Waals surface area contributed by atoms with Crippen LogP contribution in [-0.2, 0) is 0 Å². The van der Waals surface area contributed by atoms with Crippen molar-refractivity contribution >= 4 is 40.1 Å². The minimum atomic E-state index is -0.847. The van der Waals surface area contributed by atoms with Gasteiger partial charge in [0, 0.05) is 43.7 Å². The molecule has 0 atom stereocenters. The number of pyridine rings is 1. The normalized spacial score (nSPS) is 18.8. The molecule has 2 N–H and O–H groups in total. The van der Waals surface area contributed by atoms with E-state index in [0.717, 1.165) is 72.9 Å². The van der Waals surface area contributed by atoms with Crippen LogP contribution in [0.25, 0.3) is 22.0 Å². The summed E-state index contributed by atoms with van der Waals surface area (Å²) in [7, 11) is 1.48. The number of fused-ring (bicyclic) bond motifs is 1. The van der Waals surface area contributed by atoms with Gasteiger partial charge in [-0.15, -0.1) is 0 Å². The fraction of sp³-hybridized carbons (Fsp3) is 0.414. The van der Waals surface area contributed by atoms with Crippen LogP contribution in [0.3, 0.4) is 0 Å². The summed E-state index contributed by atoms with van der Waals surface area (Å²) in [6.07, 6.45) is 5.34. The van der Waals surface area contributed by atoms with Gasteiger partial charge in [-0.3, -0.25) is 9.78 Å². The summed E-state index contributed by atoms with van der Waals surface area (Å²) in [5.74, 6) is 0.393. The fourth-order valence-electron chi connectivity index (χ4n) is 6.05. The SMILES string of the molecule is COc1cc(-c2ccc3ncc(C(=O)C4CC4)c(N4CCC5(CCN(C(=O)O)C5)CC4)c3c2)cc(Cl)c1O. The van der Waals surface area contributed by atoms with Crippen LogP contribution in [0.15, 0.2) is 36.5 Å². The quantitative estimate of drug-likeness (QED) is 0.396. The molecule has 2 aliphatic heterocycles. The number of carboxylic acid groups (broad SMARTS) is 1. The van der Waals surface area contributed by atoms with Gasteiger partial charge in [0.25, 0.3) is 0 Å². The number of amides is 1. The lowest BCUT2D eigenvalue weighted by Crippen LogP contribution is -2.42. The molecule has 1 aromatic heterocycles. The van der Waals surface area contributed by atoms with Crippen LogP contribution in [-0.4, -0.2) is 65.3 Å². The molecule has 3 aliphatic rings. The number of hydrogen-bond acceptors (Lipinski definition) is 6. The van der Waals surface area contributed by atoms with Gasteiger partial charge in [0.2, 0.25) is 0 Å². The number of phenolic OH excluding ortho intramolecular Hbond substituents is 1. The summed E-state index contributed by atoms with van der Waals surface area (Å²) >= 11 is 6.28. The molecule has 3 aromatic rings. The maximum atomic E-state index is 13.4. The second-order valence-corrected chi connectivity index (χ2v) is 11.2. The number of halogens is 1. The lowest BCUT2D eigenvalue weighted by Gasteiger charge is -2.41. The van der Waals surface area contributed by atoms with Crippen LogP contribution in [0.1, 0.15) is 42.5 Å². The average Bonchev–Trinajstić information content (AvgIpc) is 3.70. The van der Waals surface area contributed by atoms with Gasteiger partial charge in [-0.1, -0.05) is 17.7 Å². The first kappa shape index (κ1) is 24.8. The first-order valence-electron chi connectivity index (χ1n) is 13.1. The minimum absolute atomic E-state index is 0.00287. The molecule has 1 saturated carbocycles. The number of hydrogen-bond donors (Lipinski definition) is 2. The number of ketones is 1. The molecule has 6 rings (SSSR count). The molecule has 0 radical (unpaired) electrons. The summed E-state index contributed by atoms with van der Waals surface area (Å²) in [4.78, 5) is 33.4. The molecule has 3 heterocycles. The Kier molecular flexibility index (Phi) is 6.10. The molecule has 3 fully saturated rings. The van der Waals surface area contributed by atoms with E-state index in [1.807, 2.05) is 18.2 Å². The maximum absolute atomic E-state index is 13.4. The zero-order valence-electron chi connectivity index (χ0n) is 21.2. The van der Waals surface area contributed by atoms with Crippen LogP contribution in [0.4, 0.5) is 10.5 Å². The molecule has 2 aromatic carbocycles. The average molecular weight is 536 g/mol. The second-order valence-electron chi connectivity index (χ2n) is 10.8. The van der Waals surface area contributed by atoms with Crippen molar-refractivity contribution in [1.29, 1.82) is 0 Å². The van der Waals surface area contributed by atoms with Gasteiger partial charge in [0.1, 0.15) is 0 Å². The molecular formula is C29H30ClN3O5. The molecular weight excluding hydrogens is 506 g/mol. The van der Waals surface area contributed by atoms with Gasteiger partial charge < -0.3 is 24.7 Å². The predicted octanol–water partition coefficient (Wildman–Crippen LogP) is 5.83. The van der Waals surface area contributed by atoms with Gasteiger partial charge in [0.05, 0.1) is 28.9 Å². The number of benzene rings is 2. The van der Waals surface area contributed by atoms with Gasteiger partial charge in [-0.25, -0.2) is 4.79 Å². The number of ether oxygens (including phenoxy) is 1. The standard InChI is InChI=1S/C29H30ClN3O5/c1-38-24-14-19(13-22(30)27(24)35)18-4-5-23-20(12-18)25(21(15-31-23)26(34)17-2-3-17)32-9-6-29(7-10-32)8-11-33(16-29)28(36)37/h4-5,12-15,17,35H,2-3,6-11,16H2,1H3,(H,36,37). The highest BCUT2D eigenvalue weighted by molar-refractivity contribution is 6.32. The highest BCUT2D eigenvalue weighted by Crippen LogP contribution is 2.45. The van der Waals surface area contributed by atoms with Crippen molar-refractivity contribution < 1.29 is 24.5 Å². The molecule has 2 saturated heterocycles. The summed E-state index contributed by atoms with van der Waals surface area (Å²) in [5.41, 5.74) is 4.03. The highest BCUT2D eigenvalue weighted by Gasteiger charge is 2.43. The highest BCUT2D eigenvalue weighted by atomic mass is 35.5. The predicted molar refractivity (Wildman–Crippen MR) is 146 cm³/mol. The number of likely N-dealkylation sites (tertiary alicyclic amines) is 1. The third-order valence-corrected chi connectivity index (χ3v) is 8.77. The monoisotopic (exact) mass is 535 g/mol. The topological polar surface area (TPSA) is 103 Å². The Morgan fingerprint density at radius 2 is 1.82 bits per heavy atom. The number of methoxy groups -OCH3 is 1. The van der Waals surface area contributed by atoms with Gasteiger partial charge >= 0.3 is 6.09 Å². The van der Waals surface area contributed by atoms with Gasteiger partial charge in [0.15, 0.2) is 17.3 Å². The first-order chi connectivity index (χ1) is 18.3. The number of rotatable bonds is 5. The second kappa shape index (κ2) is 9.34.